The average Bonchev–Trinajstić information content (AvgIpc) is 3.14. The molecule has 0 aromatic rings. The number of carbonyl (C=O) groups excluding carboxylic acids is 4. The van der Waals surface area contributed by atoms with E-state index >= 15 is 0 Å². The van der Waals surface area contributed by atoms with E-state index in [4.69, 9.17) is 10.5 Å². The van der Waals surface area contributed by atoms with E-state index in [1.165, 1.54) is 11.8 Å². The van der Waals surface area contributed by atoms with Gasteiger partial charge in [0.2, 0.25) is 17.7 Å². The van der Waals surface area contributed by atoms with Crippen molar-refractivity contribution in [2.75, 3.05) is 13.1 Å². The third kappa shape index (κ3) is 9.84. The summed E-state index contributed by atoms with van der Waals surface area (Å²) in [7, 11) is 0. The molecular formula is C22H41N5O5. The summed E-state index contributed by atoms with van der Waals surface area (Å²) in [4.78, 5) is 51.1. The molecule has 0 saturated carbocycles. The van der Waals surface area contributed by atoms with E-state index in [0.717, 1.165) is 19.4 Å². The van der Waals surface area contributed by atoms with Crippen molar-refractivity contribution in [2.45, 2.75) is 103 Å². The third-order valence-electron chi connectivity index (χ3n) is 5.09. The number of nitrogens with two attached hydrogens (primary N) is 1. The minimum atomic E-state index is -0.829. The normalized spacial score (nSPS) is 18.2. The van der Waals surface area contributed by atoms with Crippen LogP contribution in [0.2, 0.25) is 0 Å². The van der Waals surface area contributed by atoms with Crippen LogP contribution in [0, 0.1) is 0 Å². The van der Waals surface area contributed by atoms with Crippen molar-refractivity contribution in [3.8, 4) is 0 Å². The summed E-state index contributed by atoms with van der Waals surface area (Å²) in [6.45, 7) is 12.1. The highest BCUT2D eigenvalue weighted by atomic mass is 16.6. The number of amides is 4. The molecule has 184 valence electrons. The molecule has 0 aromatic heterocycles. The topological polar surface area (TPSA) is 143 Å². The van der Waals surface area contributed by atoms with Crippen LogP contribution in [0.15, 0.2) is 0 Å². The Morgan fingerprint density at radius 3 is 2.31 bits per heavy atom. The number of nitrogens with zero attached hydrogens (tertiary/aromatic N) is 1. The Bertz CT molecular complexity index is 662. The molecule has 1 heterocycles. The van der Waals surface area contributed by atoms with E-state index in [1.807, 2.05) is 0 Å². The van der Waals surface area contributed by atoms with Gasteiger partial charge in [-0.15, -0.1) is 0 Å². The predicted molar refractivity (Wildman–Crippen MR) is 122 cm³/mol. The molecular weight excluding hydrogens is 414 g/mol. The lowest BCUT2D eigenvalue weighted by atomic mass is 10.1. The van der Waals surface area contributed by atoms with E-state index in [0.29, 0.717) is 31.8 Å². The van der Waals surface area contributed by atoms with Crippen LogP contribution in [0.4, 0.5) is 4.79 Å². The molecule has 3 atom stereocenters. The molecule has 1 rings (SSSR count). The number of primary amides is 1. The van der Waals surface area contributed by atoms with E-state index in [1.54, 1.807) is 20.8 Å². The molecule has 1 saturated heterocycles. The summed E-state index contributed by atoms with van der Waals surface area (Å²) < 4.78 is 5.33. The van der Waals surface area contributed by atoms with Gasteiger partial charge in [-0.05, 0) is 66.3 Å². The average molecular weight is 456 g/mol. The van der Waals surface area contributed by atoms with Crippen molar-refractivity contribution in [3.05, 3.63) is 0 Å². The highest BCUT2D eigenvalue weighted by Crippen LogP contribution is 2.20. The number of hydrogen-bond donors (Lipinski definition) is 4. The molecule has 0 aliphatic carbocycles. The van der Waals surface area contributed by atoms with Crippen LogP contribution in [0.25, 0.3) is 0 Å². The summed E-state index contributed by atoms with van der Waals surface area (Å²) in [6, 6.07) is -1.95. The van der Waals surface area contributed by atoms with Gasteiger partial charge in [0.1, 0.15) is 23.7 Å². The number of hydrogen-bond acceptors (Lipinski definition) is 6. The zero-order valence-corrected chi connectivity index (χ0v) is 20.3. The molecule has 0 radical (unpaired) electrons. The summed E-state index contributed by atoms with van der Waals surface area (Å²) in [5, 5.41) is 8.58. The second kappa shape index (κ2) is 12.6. The first-order valence-electron chi connectivity index (χ1n) is 11.4. The quantitative estimate of drug-likeness (QED) is 0.343. The van der Waals surface area contributed by atoms with Crippen molar-refractivity contribution in [1.82, 2.24) is 20.9 Å². The van der Waals surface area contributed by atoms with Crippen molar-refractivity contribution >= 4 is 23.8 Å². The third-order valence-corrected chi connectivity index (χ3v) is 5.09. The molecule has 0 aromatic carbocycles. The Labute approximate surface area is 191 Å². The van der Waals surface area contributed by atoms with Crippen molar-refractivity contribution in [2.24, 2.45) is 5.73 Å². The van der Waals surface area contributed by atoms with Crippen LogP contribution in [-0.4, -0.2) is 71.6 Å². The summed E-state index contributed by atoms with van der Waals surface area (Å²) in [5.41, 5.74) is 4.53. The first kappa shape index (κ1) is 27.7. The summed E-state index contributed by atoms with van der Waals surface area (Å²) in [5.74, 6) is -1.38. The molecule has 1 aliphatic heterocycles. The van der Waals surface area contributed by atoms with Gasteiger partial charge in [-0.3, -0.25) is 14.4 Å². The minimum absolute atomic E-state index is 0.322. The molecule has 0 spiro atoms. The second-order valence-corrected chi connectivity index (χ2v) is 9.63. The van der Waals surface area contributed by atoms with E-state index < -0.39 is 41.6 Å². The number of ether oxygens (including phenoxy) is 1. The molecule has 10 nitrogen and oxygen atoms in total. The van der Waals surface area contributed by atoms with Gasteiger partial charge < -0.3 is 31.3 Å². The van der Waals surface area contributed by atoms with E-state index in [-0.39, 0.29) is 5.91 Å². The van der Waals surface area contributed by atoms with Gasteiger partial charge in [0.15, 0.2) is 0 Å². The maximum Gasteiger partial charge on any atom is 0.408 e. The van der Waals surface area contributed by atoms with E-state index in [2.05, 4.69) is 29.8 Å². The van der Waals surface area contributed by atoms with Gasteiger partial charge >= 0.3 is 6.09 Å². The Morgan fingerprint density at radius 1 is 1.09 bits per heavy atom. The number of likely N-dealkylation sites (tertiary alicyclic amines) is 1. The fourth-order valence-electron chi connectivity index (χ4n) is 3.46. The molecule has 5 N–H and O–H groups in total. The van der Waals surface area contributed by atoms with Crippen molar-refractivity contribution in [3.63, 3.8) is 0 Å². The van der Waals surface area contributed by atoms with Gasteiger partial charge in [-0.1, -0.05) is 13.8 Å². The van der Waals surface area contributed by atoms with Crippen LogP contribution < -0.4 is 21.7 Å². The standard InChI is InChI=1S/C22H41N5O5/c1-14(2)24-12-8-7-10-16(26-21(31)32-22(4,5)6)20(30)27-13-9-11-17(27)19(29)25-15(3)18(23)28/h14-17,24H,7-13H2,1-6H3,(H2,23,28)(H,25,29)(H,26,31)/t15-,16+,17+/m1/s1. The van der Waals surface area contributed by atoms with Gasteiger partial charge in [0.25, 0.3) is 0 Å². The van der Waals surface area contributed by atoms with Crippen LogP contribution in [0.5, 0.6) is 0 Å². The van der Waals surface area contributed by atoms with Crippen LogP contribution >= 0.6 is 0 Å². The molecule has 32 heavy (non-hydrogen) atoms. The van der Waals surface area contributed by atoms with Crippen LogP contribution in [0.1, 0.15) is 73.6 Å². The fraction of sp³-hybridized carbons (Fsp3) is 0.818. The number of alkyl carbamates (subject to hydrolysis) is 1. The molecule has 10 heteroatoms. The lowest BCUT2D eigenvalue weighted by Crippen LogP contribution is -2.55. The first-order chi connectivity index (χ1) is 14.8. The summed E-state index contributed by atoms with van der Waals surface area (Å²) in [6.07, 6.45) is 2.47. The lowest BCUT2D eigenvalue weighted by Gasteiger charge is -2.30. The zero-order valence-electron chi connectivity index (χ0n) is 20.3. The Hall–Kier alpha value is -2.36. The first-order valence-corrected chi connectivity index (χ1v) is 11.4. The second-order valence-electron chi connectivity index (χ2n) is 9.63. The van der Waals surface area contributed by atoms with Gasteiger partial charge in [-0.25, -0.2) is 4.79 Å². The number of nitrogens with one attached hydrogen (secondary N) is 3. The lowest BCUT2D eigenvalue weighted by molar-refractivity contribution is -0.140. The zero-order chi connectivity index (χ0) is 24.5. The smallest absolute Gasteiger partial charge is 0.408 e. The molecule has 1 aliphatic rings. The fourth-order valence-corrected chi connectivity index (χ4v) is 3.46. The number of unbranched alkanes of at least 4 members (excludes halogenated alkanes) is 1. The highest BCUT2D eigenvalue weighted by Gasteiger charge is 2.38. The minimum Gasteiger partial charge on any atom is -0.444 e. The van der Waals surface area contributed by atoms with Crippen LogP contribution in [0.3, 0.4) is 0 Å². The predicted octanol–water partition coefficient (Wildman–Crippen LogP) is 1.03. The monoisotopic (exact) mass is 455 g/mol. The van der Waals surface area contributed by atoms with Gasteiger partial charge in [-0.2, -0.15) is 0 Å². The molecule has 4 amide bonds. The number of carbonyl (C=O) groups is 4. The van der Waals surface area contributed by atoms with Gasteiger partial charge in [0, 0.05) is 12.6 Å². The summed E-state index contributed by atoms with van der Waals surface area (Å²) >= 11 is 0. The highest BCUT2D eigenvalue weighted by molar-refractivity contribution is 5.93. The molecule has 0 bridgehead atoms. The molecule has 1 fully saturated rings. The maximum atomic E-state index is 13.3. The van der Waals surface area contributed by atoms with Crippen molar-refractivity contribution in [1.29, 1.82) is 0 Å². The maximum absolute atomic E-state index is 13.3. The van der Waals surface area contributed by atoms with Crippen molar-refractivity contribution < 1.29 is 23.9 Å². The Morgan fingerprint density at radius 2 is 1.75 bits per heavy atom. The Balaban J connectivity index is 2.85. The van der Waals surface area contributed by atoms with Gasteiger partial charge in [0.05, 0.1) is 0 Å². The van der Waals surface area contributed by atoms with E-state index in [9.17, 15) is 19.2 Å². The van der Waals surface area contributed by atoms with Crippen LogP contribution in [-0.2, 0) is 19.1 Å². The number of rotatable bonds is 11. The molecule has 0 unspecified atom stereocenters. The SMILES string of the molecule is CC(C)NCCCC[C@H](NC(=O)OC(C)(C)C)C(=O)N1CCC[C@H]1C(=O)N[C@H](C)C(N)=O. The largest absolute Gasteiger partial charge is 0.444 e. The Kier molecular flexibility index (Phi) is 10.9.